The zero-order chi connectivity index (χ0) is 12.2. The second kappa shape index (κ2) is 5.21. The van der Waals surface area contributed by atoms with Crippen molar-refractivity contribution in [2.75, 3.05) is 12.3 Å². The maximum atomic E-state index is 11.9. The molecule has 16 heavy (non-hydrogen) atoms. The van der Waals surface area contributed by atoms with Gasteiger partial charge in [-0.15, -0.1) is 0 Å². The number of halogens is 3. The molecule has 0 saturated heterocycles. The molecule has 5 heteroatoms. The maximum Gasteiger partial charge on any atom is 0.390 e. The van der Waals surface area contributed by atoms with E-state index in [1.54, 1.807) is 6.07 Å². The van der Waals surface area contributed by atoms with Gasteiger partial charge in [0.1, 0.15) is 0 Å². The van der Waals surface area contributed by atoms with Crippen molar-refractivity contribution in [3.05, 3.63) is 29.3 Å². The Labute approximate surface area is 92.6 Å². The van der Waals surface area contributed by atoms with Gasteiger partial charge in [0, 0.05) is 18.8 Å². The molecule has 2 nitrogen and oxygen atoms in total. The first-order chi connectivity index (χ1) is 7.38. The summed E-state index contributed by atoms with van der Waals surface area (Å²) in [7, 11) is 0. The van der Waals surface area contributed by atoms with E-state index >= 15 is 0 Å². The van der Waals surface area contributed by atoms with Gasteiger partial charge in [-0.3, -0.25) is 0 Å². The number of nitrogens with two attached hydrogens (primary N) is 1. The number of hydrogen-bond donors (Lipinski definition) is 2. The normalized spacial score (nSPS) is 11.8. The molecular weight excluding hydrogens is 217 g/mol. The molecule has 1 aromatic carbocycles. The molecular formula is C11H15F3N2. The Morgan fingerprint density at radius 1 is 1.31 bits per heavy atom. The van der Waals surface area contributed by atoms with Gasteiger partial charge in [0.25, 0.3) is 0 Å². The Morgan fingerprint density at radius 3 is 2.62 bits per heavy atom. The van der Waals surface area contributed by atoms with E-state index in [4.69, 9.17) is 5.73 Å². The highest BCUT2D eigenvalue weighted by atomic mass is 19.4. The number of nitrogen functional groups attached to an aromatic ring is 1. The average molecular weight is 232 g/mol. The van der Waals surface area contributed by atoms with Gasteiger partial charge in [-0.2, -0.15) is 13.2 Å². The number of rotatable bonds is 4. The van der Waals surface area contributed by atoms with Crippen molar-refractivity contribution >= 4 is 5.69 Å². The van der Waals surface area contributed by atoms with Gasteiger partial charge >= 0.3 is 6.18 Å². The molecule has 0 heterocycles. The molecule has 0 atom stereocenters. The van der Waals surface area contributed by atoms with E-state index in [1.807, 2.05) is 19.1 Å². The van der Waals surface area contributed by atoms with Crippen LogP contribution in [0.25, 0.3) is 0 Å². The molecule has 0 aliphatic rings. The number of nitrogens with one attached hydrogen (secondary N) is 1. The molecule has 1 rings (SSSR count). The predicted molar refractivity (Wildman–Crippen MR) is 58.0 cm³/mol. The largest absolute Gasteiger partial charge is 0.398 e. The summed E-state index contributed by atoms with van der Waals surface area (Å²) in [6.07, 6.45) is -4.93. The van der Waals surface area contributed by atoms with E-state index in [0.717, 1.165) is 11.1 Å². The molecule has 0 fully saturated rings. The average Bonchev–Trinajstić information content (AvgIpc) is 2.16. The van der Waals surface area contributed by atoms with Crippen LogP contribution in [0.5, 0.6) is 0 Å². The molecule has 0 saturated carbocycles. The minimum Gasteiger partial charge on any atom is -0.398 e. The van der Waals surface area contributed by atoms with Crippen molar-refractivity contribution in [1.82, 2.24) is 5.32 Å². The lowest BCUT2D eigenvalue weighted by atomic mass is 10.1. The van der Waals surface area contributed by atoms with Crippen molar-refractivity contribution in [2.24, 2.45) is 0 Å². The van der Waals surface area contributed by atoms with Crippen LogP contribution < -0.4 is 11.1 Å². The third-order valence-electron chi connectivity index (χ3n) is 2.20. The van der Waals surface area contributed by atoms with Crippen LogP contribution in [0.1, 0.15) is 17.5 Å². The molecule has 0 aliphatic heterocycles. The van der Waals surface area contributed by atoms with Gasteiger partial charge in [0.05, 0.1) is 6.42 Å². The Morgan fingerprint density at radius 2 is 2.00 bits per heavy atom. The highest BCUT2D eigenvalue weighted by Gasteiger charge is 2.25. The number of hydrogen-bond acceptors (Lipinski definition) is 2. The Bertz CT molecular complexity index is 348. The molecule has 90 valence electrons. The summed E-state index contributed by atoms with van der Waals surface area (Å²) in [6.45, 7) is 2.19. The summed E-state index contributed by atoms with van der Waals surface area (Å²) in [4.78, 5) is 0. The van der Waals surface area contributed by atoms with E-state index in [9.17, 15) is 13.2 Å². The lowest BCUT2D eigenvalue weighted by Gasteiger charge is -2.10. The van der Waals surface area contributed by atoms with Crippen LogP contribution in [-0.2, 0) is 6.54 Å². The van der Waals surface area contributed by atoms with Gasteiger partial charge < -0.3 is 11.1 Å². The number of anilines is 1. The van der Waals surface area contributed by atoms with E-state index in [2.05, 4.69) is 5.32 Å². The van der Waals surface area contributed by atoms with Gasteiger partial charge in [0.15, 0.2) is 0 Å². The molecule has 0 radical (unpaired) electrons. The molecule has 0 amide bonds. The molecule has 3 N–H and O–H groups in total. The van der Waals surface area contributed by atoms with E-state index in [1.165, 1.54) is 0 Å². The zero-order valence-electron chi connectivity index (χ0n) is 9.06. The van der Waals surface area contributed by atoms with Gasteiger partial charge in [-0.05, 0) is 18.6 Å². The fourth-order valence-electron chi connectivity index (χ4n) is 1.34. The van der Waals surface area contributed by atoms with Gasteiger partial charge in [-0.1, -0.05) is 17.7 Å². The van der Waals surface area contributed by atoms with E-state index in [0.29, 0.717) is 12.2 Å². The molecule has 0 aromatic heterocycles. The second-order valence-electron chi connectivity index (χ2n) is 3.74. The van der Waals surface area contributed by atoms with Crippen molar-refractivity contribution in [3.8, 4) is 0 Å². The fourth-order valence-corrected chi connectivity index (χ4v) is 1.34. The van der Waals surface area contributed by atoms with Gasteiger partial charge in [0.2, 0.25) is 0 Å². The second-order valence-corrected chi connectivity index (χ2v) is 3.74. The SMILES string of the molecule is Cc1ccc(N)c(CNCCC(F)(F)F)c1. The standard InChI is InChI=1S/C11H15F3N2/c1-8-2-3-10(15)9(6-8)7-16-5-4-11(12,13)14/h2-3,6,16H,4-5,7,15H2,1H3. The summed E-state index contributed by atoms with van der Waals surface area (Å²) in [6, 6.07) is 5.50. The number of aryl methyl sites for hydroxylation is 1. The topological polar surface area (TPSA) is 38.0 Å². The Balaban J connectivity index is 2.40. The highest BCUT2D eigenvalue weighted by Crippen LogP contribution is 2.18. The molecule has 0 bridgehead atoms. The molecule has 1 aromatic rings. The first-order valence-electron chi connectivity index (χ1n) is 5.01. The molecule has 0 aliphatic carbocycles. The van der Waals surface area contributed by atoms with E-state index in [-0.39, 0.29) is 6.54 Å². The summed E-state index contributed by atoms with van der Waals surface area (Å²) < 4.78 is 35.6. The Hall–Kier alpha value is -1.23. The first kappa shape index (κ1) is 12.8. The third-order valence-corrected chi connectivity index (χ3v) is 2.20. The number of alkyl halides is 3. The summed E-state index contributed by atoms with van der Waals surface area (Å²) >= 11 is 0. The minimum atomic E-state index is -4.11. The third kappa shape index (κ3) is 4.53. The van der Waals surface area contributed by atoms with Crippen molar-refractivity contribution in [3.63, 3.8) is 0 Å². The predicted octanol–water partition coefficient (Wildman–Crippen LogP) is 2.62. The van der Waals surface area contributed by atoms with Crippen molar-refractivity contribution in [1.29, 1.82) is 0 Å². The quantitative estimate of drug-likeness (QED) is 0.618. The summed E-state index contributed by atoms with van der Waals surface area (Å²) in [5.74, 6) is 0. The summed E-state index contributed by atoms with van der Waals surface area (Å²) in [5, 5.41) is 2.73. The molecule has 0 unspecified atom stereocenters. The first-order valence-corrected chi connectivity index (χ1v) is 5.01. The van der Waals surface area contributed by atoms with Crippen molar-refractivity contribution in [2.45, 2.75) is 26.1 Å². The highest BCUT2D eigenvalue weighted by molar-refractivity contribution is 5.48. The maximum absolute atomic E-state index is 11.9. The number of benzene rings is 1. The van der Waals surface area contributed by atoms with Crippen LogP contribution in [0, 0.1) is 6.92 Å². The van der Waals surface area contributed by atoms with Crippen molar-refractivity contribution < 1.29 is 13.2 Å². The van der Waals surface area contributed by atoms with E-state index < -0.39 is 12.6 Å². The van der Waals surface area contributed by atoms with Crippen LogP contribution >= 0.6 is 0 Å². The van der Waals surface area contributed by atoms with Gasteiger partial charge in [-0.25, -0.2) is 0 Å². The fraction of sp³-hybridized carbons (Fsp3) is 0.455. The zero-order valence-corrected chi connectivity index (χ0v) is 9.06. The summed E-state index contributed by atoms with van der Waals surface area (Å²) in [5.41, 5.74) is 8.18. The lowest BCUT2D eigenvalue weighted by Crippen LogP contribution is -2.21. The van der Waals surface area contributed by atoms with Crippen LogP contribution in [-0.4, -0.2) is 12.7 Å². The lowest BCUT2D eigenvalue weighted by molar-refractivity contribution is -0.133. The molecule has 0 spiro atoms. The van der Waals surface area contributed by atoms with Crippen LogP contribution in [0.4, 0.5) is 18.9 Å². The minimum absolute atomic E-state index is 0.0864. The van der Waals surface area contributed by atoms with Crippen LogP contribution in [0.15, 0.2) is 18.2 Å². The van der Waals surface area contributed by atoms with Crippen LogP contribution in [0.2, 0.25) is 0 Å². The monoisotopic (exact) mass is 232 g/mol. The Kier molecular flexibility index (Phi) is 4.18. The smallest absolute Gasteiger partial charge is 0.390 e. The van der Waals surface area contributed by atoms with Crippen LogP contribution in [0.3, 0.4) is 0 Å².